The van der Waals surface area contributed by atoms with Crippen molar-refractivity contribution < 1.29 is 13.9 Å². The fourth-order valence-corrected chi connectivity index (χ4v) is 2.94. The molecule has 2 aliphatic rings. The highest BCUT2D eigenvalue weighted by atomic mass is 127. The molecule has 0 radical (unpaired) electrons. The Labute approximate surface area is 146 Å². The van der Waals surface area contributed by atoms with Crippen LogP contribution in [0.4, 0.5) is 0 Å². The molecule has 1 aromatic rings. The van der Waals surface area contributed by atoms with Gasteiger partial charge in [0.15, 0.2) is 11.7 Å². The third kappa shape index (κ3) is 3.72. The molecule has 3 heterocycles. The van der Waals surface area contributed by atoms with Crippen molar-refractivity contribution in [3.8, 4) is 0 Å². The van der Waals surface area contributed by atoms with Gasteiger partial charge in [-0.2, -0.15) is 0 Å². The van der Waals surface area contributed by atoms with Crippen LogP contribution in [0.15, 0.2) is 21.5 Å². The fraction of sp³-hybridized carbons (Fsp3) is 0.571. The fourth-order valence-electron chi connectivity index (χ4n) is 2.94. The summed E-state index contributed by atoms with van der Waals surface area (Å²) in [6.45, 7) is 0.439. The molecule has 3 atom stereocenters. The summed E-state index contributed by atoms with van der Waals surface area (Å²) in [5.74, 6) is 0.934. The van der Waals surface area contributed by atoms with E-state index in [2.05, 4.69) is 15.6 Å². The van der Waals surface area contributed by atoms with Gasteiger partial charge in [0.1, 0.15) is 5.76 Å². The second-order valence-electron chi connectivity index (χ2n) is 5.42. The molecule has 0 saturated carbocycles. The van der Waals surface area contributed by atoms with E-state index >= 15 is 0 Å². The summed E-state index contributed by atoms with van der Waals surface area (Å²) < 4.78 is 11.1. The van der Waals surface area contributed by atoms with Gasteiger partial charge in [0.25, 0.3) is 5.91 Å². The van der Waals surface area contributed by atoms with Crippen molar-refractivity contribution in [1.82, 2.24) is 10.6 Å². The van der Waals surface area contributed by atoms with Crippen LogP contribution in [-0.4, -0.2) is 37.2 Å². The average Bonchev–Trinajstić information content (AvgIpc) is 3.18. The molecule has 122 valence electrons. The van der Waals surface area contributed by atoms with Crippen molar-refractivity contribution in [2.24, 2.45) is 10.7 Å². The number of carbonyl (C=O) groups is 1. The van der Waals surface area contributed by atoms with Crippen molar-refractivity contribution in [2.75, 3.05) is 7.05 Å². The number of ether oxygens (including phenoxy) is 1. The Morgan fingerprint density at radius 2 is 2.27 bits per heavy atom. The van der Waals surface area contributed by atoms with Crippen LogP contribution in [0.5, 0.6) is 0 Å². The van der Waals surface area contributed by atoms with Gasteiger partial charge in [-0.3, -0.25) is 9.79 Å². The maximum absolute atomic E-state index is 11.0. The minimum absolute atomic E-state index is 0. The SMILES string of the molecule is CN=C(NCc1ccc(C(N)=O)o1)NC1CC2CCC1O2.I. The summed E-state index contributed by atoms with van der Waals surface area (Å²) in [7, 11) is 1.72. The Morgan fingerprint density at radius 1 is 1.45 bits per heavy atom. The van der Waals surface area contributed by atoms with E-state index in [1.54, 1.807) is 19.2 Å². The van der Waals surface area contributed by atoms with Crippen LogP contribution in [0.3, 0.4) is 0 Å². The minimum Gasteiger partial charge on any atom is -0.454 e. The maximum atomic E-state index is 11.0. The molecule has 3 rings (SSSR count). The number of nitrogens with two attached hydrogens (primary N) is 1. The van der Waals surface area contributed by atoms with Crippen LogP contribution in [0.1, 0.15) is 35.6 Å². The van der Waals surface area contributed by atoms with Crippen LogP contribution in [0, 0.1) is 0 Å². The lowest BCUT2D eigenvalue weighted by Gasteiger charge is -2.22. The Bertz CT molecular complexity index is 560. The van der Waals surface area contributed by atoms with Gasteiger partial charge in [0, 0.05) is 7.05 Å². The van der Waals surface area contributed by atoms with E-state index in [4.69, 9.17) is 14.9 Å². The van der Waals surface area contributed by atoms with E-state index < -0.39 is 5.91 Å². The molecule has 1 aromatic heterocycles. The topological polar surface area (TPSA) is 102 Å². The predicted octanol–water partition coefficient (Wildman–Crippen LogP) is 0.981. The summed E-state index contributed by atoms with van der Waals surface area (Å²) in [5.41, 5.74) is 5.15. The standard InChI is InChI=1S/C14H20N4O3.HI/c1-16-14(18-10-6-8-2-4-11(10)20-8)17-7-9-3-5-12(21-9)13(15)19;/h3,5,8,10-11H,2,4,6-7H2,1H3,(H2,15,19)(H2,16,17,18);1H. The number of carbonyl (C=O) groups excluding carboxylic acids is 1. The second-order valence-corrected chi connectivity index (χ2v) is 5.42. The van der Waals surface area contributed by atoms with E-state index in [-0.39, 0.29) is 29.7 Å². The van der Waals surface area contributed by atoms with Gasteiger partial charge < -0.3 is 25.5 Å². The van der Waals surface area contributed by atoms with Gasteiger partial charge in [-0.25, -0.2) is 0 Å². The number of nitrogens with zero attached hydrogens (tertiary/aromatic N) is 1. The third-order valence-electron chi connectivity index (χ3n) is 3.99. The number of nitrogens with one attached hydrogen (secondary N) is 2. The molecule has 1 amide bonds. The Kier molecular flexibility index (Phi) is 5.68. The molecular formula is C14H21IN4O3. The van der Waals surface area contributed by atoms with Crippen LogP contribution in [-0.2, 0) is 11.3 Å². The molecule has 3 unspecified atom stereocenters. The number of hydrogen-bond donors (Lipinski definition) is 3. The molecule has 8 heteroatoms. The highest BCUT2D eigenvalue weighted by Crippen LogP contribution is 2.34. The molecular weight excluding hydrogens is 399 g/mol. The number of guanidine groups is 1. The molecule has 7 nitrogen and oxygen atoms in total. The first-order valence-corrected chi connectivity index (χ1v) is 7.17. The number of furan rings is 1. The maximum Gasteiger partial charge on any atom is 0.284 e. The van der Waals surface area contributed by atoms with Crippen molar-refractivity contribution >= 4 is 35.8 Å². The monoisotopic (exact) mass is 420 g/mol. The number of primary amides is 1. The highest BCUT2D eigenvalue weighted by Gasteiger charge is 2.41. The first kappa shape index (κ1) is 17.1. The predicted molar refractivity (Wildman–Crippen MR) is 92.3 cm³/mol. The van der Waals surface area contributed by atoms with Crippen LogP contribution >= 0.6 is 24.0 Å². The lowest BCUT2D eigenvalue weighted by Crippen LogP contribution is -2.47. The van der Waals surface area contributed by atoms with Crippen molar-refractivity contribution in [3.63, 3.8) is 0 Å². The smallest absolute Gasteiger partial charge is 0.284 e. The second kappa shape index (κ2) is 7.32. The van der Waals surface area contributed by atoms with Crippen LogP contribution < -0.4 is 16.4 Å². The lowest BCUT2D eigenvalue weighted by molar-refractivity contribution is 0.0971. The number of fused-ring (bicyclic) bond motifs is 2. The summed E-state index contributed by atoms with van der Waals surface area (Å²) in [6, 6.07) is 3.60. The third-order valence-corrected chi connectivity index (χ3v) is 3.99. The van der Waals surface area contributed by atoms with E-state index in [1.165, 1.54) is 0 Å². The highest BCUT2D eigenvalue weighted by molar-refractivity contribution is 14.0. The number of hydrogen-bond acceptors (Lipinski definition) is 4. The lowest BCUT2D eigenvalue weighted by atomic mass is 9.96. The molecule has 22 heavy (non-hydrogen) atoms. The average molecular weight is 420 g/mol. The first-order valence-electron chi connectivity index (χ1n) is 7.17. The van der Waals surface area contributed by atoms with Gasteiger partial charge in [-0.1, -0.05) is 0 Å². The number of amides is 1. The normalized spacial score (nSPS) is 26.6. The molecule has 0 aliphatic carbocycles. The Hall–Kier alpha value is -1.29. The number of aliphatic imine (C=N–C) groups is 1. The molecule has 0 spiro atoms. The van der Waals surface area contributed by atoms with E-state index in [1.807, 2.05) is 0 Å². The number of rotatable bonds is 4. The summed E-state index contributed by atoms with van der Waals surface area (Å²) >= 11 is 0. The molecule has 4 N–H and O–H groups in total. The first-order chi connectivity index (χ1) is 10.2. The zero-order chi connectivity index (χ0) is 14.8. The molecule has 2 fully saturated rings. The Morgan fingerprint density at radius 3 is 2.82 bits per heavy atom. The van der Waals surface area contributed by atoms with Gasteiger partial charge in [-0.05, 0) is 31.4 Å². The molecule has 2 bridgehead atoms. The van der Waals surface area contributed by atoms with Gasteiger partial charge >= 0.3 is 0 Å². The van der Waals surface area contributed by atoms with Crippen LogP contribution in [0.25, 0.3) is 0 Å². The van der Waals surface area contributed by atoms with Crippen LogP contribution in [0.2, 0.25) is 0 Å². The Balaban J connectivity index is 0.00000176. The molecule has 0 aromatic carbocycles. The van der Waals surface area contributed by atoms with Crippen molar-refractivity contribution in [3.05, 3.63) is 23.7 Å². The van der Waals surface area contributed by atoms with E-state index in [0.29, 0.717) is 36.5 Å². The van der Waals surface area contributed by atoms with Gasteiger partial charge in [0.2, 0.25) is 0 Å². The zero-order valence-electron chi connectivity index (χ0n) is 12.4. The van der Waals surface area contributed by atoms with E-state index in [0.717, 1.165) is 19.3 Å². The van der Waals surface area contributed by atoms with Crippen molar-refractivity contribution in [2.45, 2.75) is 44.1 Å². The van der Waals surface area contributed by atoms with E-state index in [9.17, 15) is 4.79 Å². The molecule has 2 saturated heterocycles. The largest absolute Gasteiger partial charge is 0.454 e. The van der Waals surface area contributed by atoms with Crippen molar-refractivity contribution in [1.29, 1.82) is 0 Å². The van der Waals surface area contributed by atoms with Gasteiger partial charge in [0.05, 0.1) is 24.8 Å². The number of halogens is 1. The summed E-state index contributed by atoms with van der Waals surface area (Å²) in [5, 5.41) is 6.54. The van der Waals surface area contributed by atoms with Gasteiger partial charge in [-0.15, -0.1) is 24.0 Å². The quantitative estimate of drug-likeness (QED) is 0.383. The zero-order valence-corrected chi connectivity index (χ0v) is 14.7. The minimum atomic E-state index is -0.567. The summed E-state index contributed by atoms with van der Waals surface area (Å²) in [6.07, 6.45) is 3.99. The summed E-state index contributed by atoms with van der Waals surface area (Å²) in [4.78, 5) is 15.2. The molecule has 2 aliphatic heterocycles.